The molecule has 1 amide bonds. The molecule has 1 aromatic heterocycles. The van der Waals surface area contributed by atoms with Gasteiger partial charge in [-0.15, -0.1) is 0 Å². The molecule has 4 rings (SSSR count). The van der Waals surface area contributed by atoms with E-state index in [-0.39, 0.29) is 37.4 Å². The minimum Gasteiger partial charge on any atom is -0.497 e. The van der Waals surface area contributed by atoms with Gasteiger partial charge in [-0.1, -0.05) is 12.1 Å². The number of sulfone groups is 1. The molecule has 1 aromatic carbocycles. The summed E-state index contributed by atoms with van der Waals surface area (Å²) < 4.78 is 30.6. The zero-order chi connectivity index (χ0) is 24.9. The Morgan fingerprint density at radius 2 is 1.88 bits per heavy atom. The van der Waals surface area contributed by atoms with Crippen molar-refractivity contribution in [2.45, 2.75) is 49.1 Å². The van der Waals surface area contributed by atoms with Crippen molar-refractivity contribution in [1.82, 2.24) is 14.7 Å². The van der Waals surface area contributed by atoms with Crippen LogP contribution >= 0.6 is 0 Å². The molecule has 2 aliphatic rings. The lowest BCUT2D eigenvalue weighted by Crippen LogP contribution is -2.51. The average molecular weight is 492 g/mol. The Hall–Kier alpha value is -2.92. The van der Waals surface area contributed by atoms with Crippen LogP contribution in [0.25, 0.3) is 0 Å². The number of rotatable bonds is 9. The fourth-order valence-corrected chi connectivity index (χ4v) is 6.79. The van der Waals surface area contributed by atoms with E-state index >= 15 is 0 Å². The lowest BCUT2D eigenvalue weighted by atomic mass is 10.0. The summed E-state index contributed by atoms with van der Waals surface area (Å²) in [5.74, 6) is -0.976. The molecule has 1 aliphatic carbocycles. The lowest BCUT2D eigenvalue weighted by Gasteiger charge is -2.34. The Morgan fingerprint density at radius 3 is 2.41 bits per heavy atom. The number of methoxy groups -OCH3 is 1. The van der Waals surface area contributed by atoms with Gasteiger partial charge in [0.2, 0.25) is 0 Å². The molecule has 0 spiro atoms. The number of ether oxygens (including phenoxy) is 1. The molecule has 1 fully saturated rings. The molecule has 2 heterocycles. The molecule has 34 heavy (non-hydrogen) atoms. The summed E-state index contributed by atoms with van der Waals surface area (Å²) in [7, 11) is -2.17. The smallest absolute Gasteiger partial charge is 0.356 e. The van der Waals surface area contributed by atoms with Gasteiger partial charge in [0.1, 0.15) is 11.4 Å². The fraction of sp³-hybridized carbons (Fsp3) is 0.522. The Morgan fingerprint density at radius 1 is 1.24 bits per heavy atom. The summed E-state index contributed by atoms with van der Waals surface area (Å²) in [5.41, 5.74) is 1.19. The van der Waals surface area contributed by atoms with Crippen molar-refractivity contribution in [3.8, 4) is 5.75 Å². The highest BCUT2D eigenvalue weighted by Crippen LogP contribution is 2.49. The summed E-state index contributed by atoms with van der Waals surface area (Å²) in [5, 5.41) is 23.5. The average Bonchev–Trinajstić information content (AvgIpc) is 3.50. The van der Waals surface area contributed by atoms with Gasteiger partial charge in [-0.05, 0) is 50.8 Å². The maximum atomic E-state index is 13.5. The first-order chi connectivity index (χ1) is 16.0. The van der Waals surface area contributed by atoms with E-state index in [1.54, 1.807) is 31.4 Å². The van der Waals surface area contributed by atoms with Gasteiger partial charge in [0.15, 0.2) is 15.5 Å². The SMILES string of the molecule is COc1ccc(Cn2nc(C(=O)O)c3c2C(=O)N(CC2(S(=O)(=O)C(C)(C)CO)CC2)CC3)cc1. The molecule has 0 atom stereocenters. The number of nitrogens with zero attached hydrogens (tertiary/aromatic N) is 3. The van der Waals surface area contributed by atoms with Gasteiger partial charge in [-0.25, -0.2) is 13.2 Å². The second-order valence-electron chi connectivity index (χ2n) is 9.57. The normalized spacial score (nSPS) is 17.4. The van der Waals surface area contributed by atoms with E-state index in [9.17, 15) is 28.2 Å². The van der Waals surface area contributed by atoms with Gasteiger partial charge in [0, 0.05) is 18.7 Å². The van der Waals surface area contributed by atoms with Crippen LogP contribution in [0.5, 0.6) is 5.75 Å². The maximum Gasteiger partial charge on any atom is 0.356 e. The number of carboxylic acids is 1. The van der Waals surface area contributed by atoms with Crippen molar-refractivity contribution >= 4 is 21.7 Å². The van der Waals surface area contributed by atoms with Gasteiger partial charge < -0.3 is 19.8 Å². The first-order valence-electron chi connectivity index (χ1n) is 11.1. The monoisotopic (exact) mass is 491 g/mol. The highest BCUT2D eigenvalue weighted by molar-refractivity contribution is 7.94. The predicted octanol–water partition coefficient (Wildman–Crippen LogP) is 1.35. The number of carboxylic acid groups (broad SMARTS) is 1. The molecule has 2 N–H and O–H groups in total. The molecular formula is C23H29N3O7S. The number of carbonyl (C=O) groups excluding carboxylic acids is 1. The summed E-state index contributed by atoms with van der Waals surface area (Å²) in [6.45, 7) is 2.86. The summed E-state index contributed by atoms with van der Waals surface area (Å²) in [4.78, 5) is 26.8. The Kier molecular flexibility index (Phi) is 5.97. The van der Waals surface area contributed by atoms with E-state index in [1.165, 1.54) is 23.4 Å². The Bertz CT molecular complexity index is 1230. The summed E-state index contributed by atoms with van der Waals surface area (Å²) in [6.07, 6.45) is 1.10. The molecule has 1 aliphatic heterocycles. The topological polar surface area (TPSA) is 139 Å². The zero-order valence-corrected chi connectivity index (χ0v) is 20.3. The minimum absolute atomic E-state index is 0.00710. The van der Waals surface area contributed by atoms with Crippen LogP contribution in [0.1, 0.15) is 58.8 Å². The maximum absolute atomic E-state index is 13.5. The van der Waals surface area contributed by atoms with Gasteiger partial charge in [-0.2, -0.15) is 5.10 Å². The van der Waals surface area contributed by atoms with Crippen molar-refractivity contribution < 1.29 is 33.0 Å². The molecule has 0 saturated heterocycles. The highest BCUT2D eigenvalue weighted by Gasteiger charge is 2.60. The third-order valence-corrected chi connectivity index (χ3v) is 10.1. The van der Waals surface area contributed by atoms with Crippen molar-refractivity contribution in [3.05, 3.63) is 46.8 Å². The van der Waals surface area contributed by atoms with E-state index < -0.39 is 37.8 Å². The van der Waals surface area contributed by atoms with Crippen LogP contribution in [-0.2, 0) is 22.8 Å². The highest BCUT2D eigenvalue weighted by atomic mass is 32.2. The molecule has 1 saturated carbocycles. The summed E-state index contributed by atoms with van der Waals surface area (Å²) in [6, 6.07) is 7.15. The van der Waals surface area contributed by atoms with Crippen molar-refractivity contribution in [2.75, 3.05) is 26.8 Å². The van der Waals surface area contributed by atoms with Gasteiger partial charge in [0.05, 0.1) is 29.8 Å². The Labute approximate surface area is 198 Å². The molecule has 184 valence electrons. The van der Waals surface area contributed by atoms with E-state index in [1.807, 2.05) is 0 Å². The molecule has 2 aromatic rings. The molecule has 11 heteroatoms. The van der Waals surface area contributed by atoms with Crippen LogP contribution < -0.4 is 4.74 Å². The number of aromatic nitrogens is 2. The summed E-state index contributed by atoms with van der Waals surface area (Å²) >= 11 is 0. The van der Waals surface area contributed by atoms with Crippen molar-refractivity contribution in [3.63, 3.8) is 0 Å². The quantitative estimate of drug-likeness (QED) is 0.536. The van der Waals surface area contributed by atoms with Crippen LogP contribution in [0.3, 0.4) is 0 Å². The van der Waals surface area contributed by atoms with Crippen molar-refractivity contribution in [2.24, 2.45) is 0 Å². The molecule has 0 bridgehead atoms. The number of carbonyl (C=O) groups is 2. The first kappa shape index (κ1) is 24.2. The van der Waals surface area contributed by atoms with E-state index in [4.69, 9.17) is 4.74 Å². The first-order valence-corrected chi connectivity index (χ1v) is 12.5. The number of aromatic carboxylic acids is 1. The number of benzene rings is 1. The number of hydrogen-bond donors (Lipinski definition) is 2. The van der Waals surface area contributed by atoms with Gasteiger partial charge in [-0.3, -0.25) is 9.48 Å². The number of aliphatic hydroxyl groups is 1. The third kappa shape index (κ3) is 3.86. The van der Waals surface area contributed by atoms with E-state index in [0.29, 0.717) is 24.2 Å². The lowest BCUT2D eigenvalue weighted by molar-refractivity contribution is 0.0688. The predicted molar refractivity (Wildman–Crippen MR) is 123 cm³/mol. The third-order valence-electron chi connectivity index (χ3n) is 6.83. The minimum atomic E-state index is -3.72. The van der Waals surface area contributed by atoms with Crippen LogP contribution in [0.15, 0.2) is 24.3 Å². The van der Waals surface area contributed by atoms with Gasteiger partial charge in [0.25, 0.3) is 5.91 Å². The second kappa shape index (κ2) is 8.38. The van der Waals surface area contributed by atoms with E-state index in [2.05, 4.69) is 5.10 Å². The van der Waals surface area contributed by atoms with Crippen LogP contribution in [0.4, 0.5) is 0 Å². The molecular weight excluding hydrogens is 462 g/mol. The fourth-order valence-electron chi connectivity index (χ4n) is 4.48. The molecule has 10 nitrogen and oxygen atoms in total. The van der Waals surface area contributed by atoms with E-state index in [0.717, 1.165) is 5.56 Å². The van der Waals surface area contributed by atoms with Crippen LogP contribution in [0, 0.1) is 0 Å². The van der Waals surface area contributed by atoms with Crippen LogP contribution in [0.2, 0.25) is 0 Å². The number of aliphatic hydroxyl groups excluding tert-OH is 1. The second-order valence-corrected chi connectivity index (χ2v) is 12.5. The zero-order valence-electron chi connectivity index (χ0n) is 19.4. The Balaban J connectivity index is 1.66. The molecule has 0 radical (unpaired) electrons. The largest absolute Gasteiger partial charge is 0.497 e. The number of fused-ring (bicyclic) bond motifs is 1. The number of amides is 1. The van der Waals surface area contributed by atoms with Crippen molar-refractivity contribution in [1.29, 1.82) is 0 Å². The van der Waals surface area contributed by atoms with Gasteiger partial charge >= 0.3 is 5.97 Å². The number of hydrogen-bond acceptors (Lipinski definition) is 7. The van der Waals surface area contributed by atoms with Crippen LogP contribution in [-0.4, -0.2) is 81.5 Å². The standard InChI is InChI=1S/C23H29N3O7S/c1-22(2,14-27)34(31,32)23(9-10-23)13-25-11-8-17-18(21(29)30)24-26(19(17)20(25)28)12-15-4-6-16(33-3)7-5-15/h4-7,27H,8-14H2,1-3H3,(H,29,30). The molecule has 0 unspecified atom stereocenters.